The van der Waals surface area contributed by atoms with Crippen LogP contribution in [0.25, 0.3) is 5.76 Å². The second-order valence-electron chi connectivity index (χ2n) is 8.51. The van der Waals surface area contributed by atoms with Crippen molar-refractivity contribution >= 4 is 40.7 Å². The Labute approximate surface area is 219 Å². The number of benzene rings is 2. The van der Waals surface area contributed by atoms with E-state index in [-0.39, 0.29) is 28.5 Å². The van der Waals surface area contributed by atoms with Gasteiger partial charge in [-0.2, -0.15) is 0 Å². The number of Topliss-reactive ketones (excluding diaryl/α,β-unsaturated/α-hetero) is 1. The van der Waals surface area contributed by atoms with Crippen LogP contribution < -0.4 is 9.64 Å². The standard InChI is InChI=1S/C28H25ClN2O6/c1-4-36-22-15-17(11-12-20(22)29)25(32)23-24(21-10-5-6-13-30-21)31(27(34)26(23)33)19-9-7-8-18(14-19)28(35)37-16(2)3/h5-16,24,32H,4H2,1-3H3/b25-23+. The van der Waals surface area contributed by atoms with E-state index in [4.69, 9.17) is 21.1 Å². The molecule has 2 aromatic carbocycles. The van der Waals surface area contributed by atoms with Gasteiger partial charge in [0.15, 0.2) is 0 Å². The molecule has 0 saturated carbocycles. The highest BCUT2D eigenvalue weighted by Gasteiger charge is 2.47. The minimum atomic E-state index is -1.05. The minimum absolute atomic E-state index is 0.149. The lowest BCUT2D eigenvalue weighted by Crippen LogP contribution is -2.30. The summed E-state index contributed by atoms with van der Waals surface area (Å²) in [6, 6.07) is 14.8. The second-order valence-corrected chi connectivity index (χ2v) is 8.91. The van der Waals surface area contributed by atoms with Crippen molar-refractivity contribution in [2.24, 2.45) is 0 Å². The molecule has 9 heteroatoms. The van der Waals surface area contributed by atoms with Crippen LogP contribution in [0.3, 0.4) is 0 Å². The van der Waals surface area contributed by atoms with E-state index in [2.05, 4.69) is 4.98 Å². The number of hydrogen-bond acceptors (Lipinski definition) is 7. The number of nitrogens with zero attached hydrogens (tertiary/aromatic N) is 2. The number of carbonyl (C=O) groups excluding carboxylic acids is 3. The van der Waals surface area contributed by atoms with Crippen LogP contribution in [-0.2, 0) is 14.3 Å². The first-order chi connectivity index (χ1) is 17.7. The Balaban J connectivity index is 1.88. The summed E-state index contributed by atoms with van der Waals surface area (Å²) in [5.74, 6) is -2.40. The number of anilines is 1. The van der Waals surface area contributed by atoms with Gasteiger partial charge in [-0.3, -0.25) is 19.5 Å². The van der Waals surface area contributed by atoms with Crippen molar-refractivity contribution in [1.82, 2.24) is 4.98 Å². The van der Waals surface area contributed by atoms with Gasteiger partial charge in [0.25, 0.3) is 11.7 Å². The number of halogens is 1. The van der Waals surface area contributed by atoms with E-state index in [1.807, 2.05) is 0 Å². The zero-order valence-corrected chi connectivity index (χ0v) is 21.2. The summed E-state index contributed by atoms with van der Waals surface area (Å²) in [6.45, 7) is 5.60. The molecule has 37 heavy (non-hydrogen) atoms. The summed E-state index contributed by atoms with van der Waals surface area (Å²) in [5, 5.41) is 11.6. The summed E-state index contributed by atoms with van der Waals surface area (Å²) in [7, 11) is 0. The van der Waals surface area contributed by atoms with Crippen LogP contribution in [0.5, 0.6) is 5.75 Å². The average molecular weight is 521 g/mol. The largest absolute Gasteiger partial charge is 0.507 e. The lowest BCUT2D eigenvalue weighted by Gasteiger charge is -2.25. The highest BCUT2D eigenvalue weighted by Crippen LogP contribution is 2.42. The van der Waals surface area contributed by atoms with E-state index in [1.165, 1.54) is 35.4 Å². The van der Waals surface area contributed by atoms with Crippen LogP contribution in [-0.4, -0.2) is 40.5 Å². The zero-order valence-electron chi connectivity index (χ0n) is 20.5. The van der Waals surface area contributed by atoms with Crippen molar-refractivity contribution in [1.29, 1.82) is 0 Å². The quantitative estimate of drug-likeness (QED) is 0.194. The van der Waals surface area contributed by atoms with E-state index >= 15 is 0 Å². The third-order valence-corrected chi connectivity index (χ3v) is 5.93. The lowest BCUT2D eigenvalue weighted by atomic mass is 9.98. The van der Waals surface area contributed by atoms with E-state index < -0.39 is 29.5 Å². The molecular weight excluding hydrogens is 496 g/mol. The number of rotatable bonds is 7. The molecule has 1 saturated heterocycles. The van der Waals surface area contributed by atoms with Gasteiger partial charge in [0, 0.05) is 17.4 Å². The number of aliphatic hydroxyl groups is 1. The molecule has 1 amide bonds. The Bertz CT molecular complexity index is 1390. The van der Waals surface area contributed by atoms with E-state index in [9.17, 15) is 19.5 Å². The van der Waals surface area contributed by atoms with Gasteiger partial charge >= 0.3 is 5.97 Å². The number of hydrogen-bond donors (Lipinski definition) is 1. The number of esters is 1. The molecule has 0 aliphatic carbocycles. The smallest absolute Gasteiger partial charge is 0.338 e. The van der Waals surface area contributed by atoms with E-state index in [1.54, 1.807) is 57.2 Å². The first-order valence-electron chi connectivity index (χ1n) is 11.7. The molecule has 0 radical (unpaired) electrons. The summed E-state index contributed by atoms with van der Waals surface area (Å²) >= 11 is 6.19. The molecule has 3 aromatic rings. The van der Waals surface area contributed by atoms with E-state index in [0.29, 0.717) is 23.1 Å². The third kappa shape index (κ3) is 5.20. The highest BCUT2D eigenvalue weighted by atomic mass is 35.5. The fraction of sp³-hybridized carbons (Fsp3) is 0.214. The fourth-order valence-corrected chi connectivity index (χ4v) is 4.23. The first kappa shape index (κ1) is 25.9. The molecule has 8 nitrogen and oxygen atoms in total. The van der Waals surface area contributed by atoms with Crippen LogP contribution >= 0.6 is 11.6 Å². The fourth-order valence-electron chi connectivity index (χ4n) is 4.05. The predicted molar refractivity (Wildman–Crippen MR) is 139 cm³/mol. The average Bonchev–Trinajstić information content (AvgIpc) is 3.15. The minimum Gasteiger partial charge on any atom is -0.507 e. The number of aliphatic hydroxyl groups excluding tert-OH is 1. The highest BCUT2D eigenvalue weighted by molar-refractivity contribution is 6.51. The van der Waals surface area contributed by atoms with Crippen molar-refractivity contribution in [3.8, 4) is 5.75 Å². The molecule has 0 bridgehead atoms. The van der Waals surface area contributed by atoms with Gasteiger partial charge in [-0.05, 0) is 69.3 Å². The van der Waals surface area contributed by atoms with Crippen molar-refractivity contribution in [2.45, 2.75) is 32.9 Å². The predicted octanol–water partition coefficient (Wildman–Crippen LogP) is 5.33. The van der Waals surface area contributed by atoms with Gasteiger partial charge in [-0.15, -0.1) is 0 Å². The summed E-state index contributed by atoms with van der Waals surface area (Å²) < 4.78 is 10.8. The Morgan fingerprint density at radius 2 is 1.86 bits per heavy atom. The molecule has 0 spiro atoms. The van der Waals surface area contributed by atoms with Gasteiger partial charge in [-0.25, -0.2) is 4.79 Å². The Kier molecular flexibility index (Phi) is 7.59. The maximum atomic E-state index is 13.4. The van der Waals surface area contributed by atoms with Crippen molar-refractivity contribution in [2.75, 3.05) is 11.5 Å². The Hall–Kier alpha value is -4.17. The van der Waals surface area contributed by atoms with Crippen LogP contribution in [0.15, 0.2) is 72.4 Å². The summed E-state index contributed by atoms with van der Waals surface area (Å²) in [4.78, 5) is 44.8. The van der Waals surface area contributed by atoms with Crippen LogP contribution in [0.1, 0.15) is 48.4 Å². The van der Waals surface area contributed by atoms with Gasteiger partial charge in [0.1, 0.15) is 17.6 Å². The number of aromatic nitrogens is 1. The topological polar surface area (TPSA) is 106 Å². The molecule has 1 aliphatic heterocycles. The monoisotopic (exact) mass is 520 g/mol. The van der Waals surface area contributed by atoms with E-state index in [0.717, 1.165) is 0 Å². The molecule has 1 unspecified atom stereocenters. The maximum Gasteiger partial charge on any atom is 0.338 e. The van der Waals surface area contributed by atoms with Gasteiger partial charge in [0.2, 0.25) is 0 Å². The SMILES string of the molecule is CCOc1cc(/C(O)=C2\C(=O)C(=O)N(c3cccc(C(=O)OC(C)C)c3)C2c2ccccn2)ccc1Cl. The van der Waals surface area contributed by atoms with Crippen molar-refractivity contribution in [3.05, 3.63) is 94.3 Å². The third-order valence-electron chi connectivity index (χ3n) is 5.62. The van der Waals surface area contributed by atoms with Crippen LogP contribution in [0, 0.1) is 0 Å². The number of amides is 1. The molecule has 1 fully saturated rings. The molecule has 1 aromatic heterocycles. The van der Waals surface area contributed by atoms with Crippen LogP contribution in [0.4, 0.5) is 5.69 Å². The maximum absolute atomic E-state index is 13.4. The van der Waals surface area contributed by atoms with Crippen molar-refractivity contribution in [3.63, 3.8) is 0 Å². The van der Waals surface area contributed by atoms with Crippen molar-refractivity contribution < 1.29 is 29.0 Å². The van der Waals surface area contributed by atoms with Gasteiger partial charge in [0.05, 0.1) is 34.6 Å². The molecular formula is C28H25ClN2O6. The molecule has 2 heterocycles. The molecule has 4 rings (SSSR count). The number of ether oxygens (including phenoxy) is 2. The Morgan fingerprint density at radius 3 is 2.54 bits per heavy atom. The number of ketones is 1. The normalized spacial score (nSPS) is 16.8. The number of carbonyl (C=O) groups is 3. The molecule has 1 aliphatic rings. The lowest BCUT2D eigenvalue weighted by molar-refractivity contribution is -0.132. The van der Waals surface area contributed by atoms with Gasteiger partial charge in [-0.1, -0.05) is 23.7 Å². The first-order valence-corrected chi connectivity index (χ1v) is 12.1. The Morgan fingerprint density at radius 1 is 1.08 bits per heavy atom. The van der Waals surface area contributed by atoms with Gasteiger partial charge < -0.3 is 14.6 Å². The molecule has 190 valence electrons. The molecule has 1 atom stereocenters. The zero-order chi connectivity index (χ0) is 26.7. The summed E-state index contributed by atoms with van der Waals surface area (Å²) in [6.07, 6.45) is 1.20. The summed E-state index contributed by atoms with van der Waals surface area (Å²) in [5.41, 5.74) is 0.954. The van der Waals surface area contributed by atoms with Crippen LogP contribution in [0.2, 0.25) is 5.02 Å². The number of pyridine rings is 1. The molecule has 1 N–H and O–H groups in total. The second kappa shape index (κ2) is 10.8.